The zero-order valence-corrected chi connectivity index (χ0v) is 16.8. The predicted octanol–water partition coefficient (Wildman–Crippen LogP) is 4.18. The first-order chi connectivity index (χ1) is 14.8. The predicted molar refractivity (Wildman–Crippen MR) is 114 cm³/mol. The molecule has 6 heteroatoms. The number of benzene rings is 3. The number of phenolic OH excluding ortho intramolecular Hbond substituents is 2. The lowest BCUT2D eigenvalue weighted by atomic mass is 9.93. The van der Waals surface area contributed by atoms with E-state index >= 15 is 0 Å². The van der Waals surface area contributed by atoms with Gasteiger partial charge in [0.15, 0.2) is 11.6 Å². The molecule has 0 saturated carbocycles. The summed E-state index contributed by atoms with van der Waals surface area (Å²) >= 11 is 0. The van der Waals surface area contributed by atoms with E-state index in [4.69, 9.17) is 4.74 Å². The van der Waals surface area contributed by atoms with Crippen LogP contribution in [0.25, 0.3) is 0 Å². The summed E-state index contributed by atoms with van der Waals surface area (Å²) in [6.45, 7) is 4.37. The molecule has 0 aliphatic heterocycles. The third-order valence-corrected chi connectivity index (χ3v) is 4.63. The maximum absolute atomic E-state index is 13.0. The van der Waals surface area contributed by atoms with E-state index in [1.165, 1.54) is 6.92 Å². The molecular formula is C25H20O6. The monoisotopic (exact) mass is 416 g/mol. The van der Waals surface area contributed by atoms with Crippen molar-refractivity contribution < 1.29 is 29.3 Å². The van der Waals surface area contributed by atoms with Crippen LogP contribution in [-0.2, 0) is 16.1 Å². The Bertz CT molecular complexity index is 1090. The largest absolute Gasteiger partial charge is 0.507 e. The lowest BCUT2D eigenvalue weighted by molar-refractivity contribution is -0.140. The molecule has 0 atom stereocenters. The van der Waals surface area contributed by atoms with Crippen LogP contribution in [0, 0.1) is 0 Å². The zero-order chi connectivity index (χ0) is 22.5. The van der Waals surface area contributed by atoms with Crippen molar-refractivity contribution in [3.8, 4) is 11.5 Å². The molecule has 0 spiro atoms. The van der Waals surface area contributed by atoms with Gasteiger partial charge in [0, 0.05) is 16.7 Å². The van der Waals surface area contributed by atoms with Gasteiger partial charge in [-0.1, -0.05) is 67.2 Å². The minimum Gasteiger partial charge on any atom is -0.507 e. The standard InChI is InChI=1S/C25H20O6/c1-15(2)25(30)31-14-20-23(28)18(21(26)16-9-5-3-6-10-16)13-19(24(20)29)22(27)17-11-7-4-8-12-17/h3-13,28-29H,1,14H2,2H3. The number of aromatic hydroxyl groups is 2. The Morgan fingerprint density at radius 3 is 1.61 bits per heavy atom. The maximum atomic E-state index is 13.0. The van der Waals surface area contributed by atoms with E-state index in [1.54, 1.807) is 60.7 Å². The van der Waals surface area contributed by atoms with Gasteiger partial charge in [0.1, 0.15) is 18.1 Å². The van der Waals surface area contributed by atoms with E-state index < -0.39 is 35.6 Å². The fourth-order valence-corrected chi connectivity index (χ4v) is 2.95. The summed E-state index contributed by atoms with van der Waals surface area (Å²) in [5, 5.41) is 21.4. The fraction of sp³-hybridized carbons (Fsp3) is 0.0800. The number of hydrogen-bond acceptors (Lipinski definition) is 6. The molecule has 0 bridgehead atoms. The quantitative estimate of drug-likeness (QED) is 0.340. The van der Waals surface area contributed by atoms with Crippen molar-refractivity contribution in [2.24, 2.45) is 0 Å². The third kappa shape index (κ3) is 4.53. The number of phenols is 2. The molecule has 0 unspecified atom stereocenters. The van der Waals surface area contributed by atoms with Crippen LogP contribution in [0.2, 0.25) is 0 Å². The normalized spacial score (nSPS) is 10.4. The second-order valence-electron chi connectivity index (χ2n) is 6.89. The highest BCUT2D eigenvalue weighted by molar-refractivity contribution is 6.16. The highest BCUT2D eigenvalue weighted by atomic mass is 16.5. The summed E-state index contributed by atoms with van der Waals surface area (Å²) in [6.07, 6.45) is 0. The fourth-order valence-electron chi connectivity index (χ4n) is 2.95. The van der Waals surface area contributed by atoms with Crippen LogP contribution in [0.4, 0.5) is 0 Å². The average molecular weight is 416 g/mol. The van der Waals surface area contributed by atoms with Crippen LogP contribution in [-0.4, -0.2) is 27.7 Å². The molecule has 31 heavy (non-hydrogen) atoms. The molecule has 0 aliphatic carbocycles. The van der Waals surface area contributed by atoms with E-state index in [0.29, 0.717) is 0 Å². The van der Waals surface area contributed by atoms with Gasteiger partial charge in [-0.05, 0) is 13.0 Å². The third-order valence-electron chi connectivity index (χ3n) is 4.63. The van der Waals surface area contributed by atoms with Crippen molar-refractivity contribution in [3.63, 3.8) is 0 Å². The molecule has 3 aromatic rings. The summed E-state index contributed by atoms with van der Waals surface area (Å²) in [5.74, 6) is -2.97. The van der Waals surface area contributed by atoms with Crippen LogP contribution >= 0.6 is 0 Å². The molecule has 0 aromatic heterocycles. The second kappa shape index (κ2) is 9.09. The number of carbonyl (C=O) groups excluding carboxylic acids is 3. The van der Waals surface area contributed by atoms with Gasteiger partial charge in [0.05, 0.1) is 16.7 Å². The van der Waals surface area contributed by atoms with Crippen LogP contribution in [0.5, 0.6) is 11.5 Å². The summed E-state index contributed by atoms with van der Waals surface area (Å²) in [7, 11) is 0. The Hall–Kier alpha value is -4.19. The Morgan fingerprint density at radius 2 is 1.23 bits per heavy atom. The van der Waals surface area contributed by atoms with Gasteiger partial charge >= 0.3 is 5.97 Å². The Labute approximate surface area is 179 Å². The van der Waals surface area contributed by atoms with E-state index in [1.807, 2.05) is 0 Å². The summed E-state index contributed by atoms with van der Waals surface area (Å²) in [6, 6.07) is 17.5. The van der Waals surface area contributed by atoms with E-state index in [0.717, 1.165) is 6.07 Å². The molecule has 0 fully saturated rings. The molecular weight excluding hydrogens is 396 g/mol. The number of hydrogen-bond donors (Lipinski definition) is 2. The molecule has 0 amide bonds. The van der Waals surface area contributed by atoms with Crippen molar-refractivity contribution in [2.45, 2.75) is 13.5 Å². The van der Waals surface area contributed by atoms with E-state index in [2.05, 4.69) is 6.58 Å². The molecule has 0 saturated heterocycles. The summed E-state index contributed by atoms with van der Waals surface area (Å²) in [4.78, 5) is 37.8. The summed E-state index contributed by atoms with van der Waals surface area (Å²) in [5.41, 5.74) is 0.0685. The van der Waals surface area contributed by atoms with Gasteiger partial charge in [-0.2, -0.15) is 0 Å². The topological polar surface area (TPSA) is 101 Å². The van der Waals surface area contributed by atoms with Crippen LogP contribution in [0.3, 0.4) is 0 Å². The minimum atomic E-state index is -0.741. The highest BCUT2D eigenvalue weighted by Gasteiger charge is 2.26. The molecule has 2 N–H and O–H groups in total. The van der Waals surface area contributed by atoms with E-state index in [-0.39, 0.29) is 33.4 Å². The molecule has 0 aliphatic rings. The number of carbonyl (C=O) groups is 3. The second-order valence-corrected chi connectivity index (χ2v) is 6.89. The number of rotatable bonds is 7. The van der Waals surface area contributed by atoms with Gasteiger partial charge in [-0.15, -0.1) is 0 Å². The van der Waals surface area contributed by atoms with Crippen molar-refractivity contribution >= 4 is 17.5 Å². The van der Waals surface area contributed by atoms with Crippen molar-refractivity contribution in [1.29, 1.82) is 0 Å². The first-order valence-electron chi connectivity index (χ1n) is 9.41. The first-order valence-corrected chi connectivity index (χ1v) is 9.41. The van der Waals surface area contributed by atoms with Gasteiger partial charge < -0.3 is 14.9 Å². The van der Waals surface area contributed by atoms with Gasteiger partial charge in [0.25, 0.3) is 0 Å². The van der Waals surface area contributed by atoms with Gasteiger partial charge in [0.2, 0.25) is 0 Å². The smallest absolute Gasteiger partial charge is 0.333 e. The molecule has 3 rings (SSSR count). The van der Waals surface area contributed by atoms with Crippen molar-refractivity contribution in [2.75, 3.05) is 0 Å². The number of ether oxygens (including phenoxy) is 1. The van der Waals surface area contributed by atoms with Crippen LogP contribution < -0.4 is 0 Å². The molecule has 156 valence electrons. The number of ketones is 2. The van der Waals surface area contributed by atoms with Crippen molar-refractivity contribution in [3.05, 3.63) is 107 Å². The minimum absolute atomic E-state index is 0.121. The van der Waals surface area contributed by atoms with Crippen LogP contribution in [0.1, 0.15) is 44.3 Å². The lowest BCUT2D eigenvalue weighted by Crippen LogP contribution is -2.11. The average Bonchev–Trinajstić information content (AvgIpc) is 2.79. The van der Waals surface area contributed by atoms with Crippen LogP contribution in [0.15, 0.2) is 78.9 Å². The molecule has 3 aromatic carbocycles. The molecule has 0 heterocycles. The van der Waals surface area contributed by atoms with Gasteiger partial charge in [-0.3, -0.25) is 9.59 Å². The van der Waals surface area contributed by atoms with E-state index in [9.17, 15) is 24.6 Å². The summed E-state index contributed by atoms with van der Waals surface area (Å²) < 4.78 is 5.05. The Balaban J connectivity index is 2.15. The highest BCUT2D eigenvalue weighted by Crippen LogP contribution is 2.37. The lowest BCUT2D eigenvalue weighted by Gasteiger charge is -2.15. The maximum Gasteiger partial charge on any atom is 0.333 e. The number of esters is 1. The SMILES string of the molecule is C=C(C)C(=O)OCc1c(O)c(C(=O)c2ccccc2)cc(C(=O)c2ccccc2)c1O. The van der Waals surface area contributed by atoms with Gasteiger partial charge in [-0.25, -0.2) is 4.79 Å². The Morgan fingerprint density at radius 1 is 0.806 bits per heavy atom. The molecule has 6 nitrogen and oxygen atoms in total. The Kier molecular flexibility index (Phi) is 6.31. The first kappa shape index (κ1) is 21.5. The zero-order valence-electron chi connectivity index (χ0n) is 16.8. The molecule has 0 radical (unpaired) electrons. The van der Waals surface area contributed by atoms with Crippen molar-refractivity contribution in [1.82, 2.24) is 0 Å².